The van der Waals surface area contributed by atoms with E-state index in [0.717, 1.165) is 29.3 Å². The highest BCUT2D eigenvalue weighted by Gasteiger charge is 2.48. The molecule has 7 nitrogen and oxygen atoms in total. The highest BCUT2D eigenvalue weighted by Crippen LogP contribution is 2.43. The largest absolute Gasteiger partial charge is 0.388 e. The molecule has 2 aromatic carbocycles. The molecular formula is C24H26N4O3. The lowest BCUT2D eigenvalue weighted by Gasteiger charge is -2.37. The number of aryl methyl sites for hydroxylation is 1. The van der Waals surface area contributed by atoms with Crippen LogP contribution in [-0.4, -0.2) is 43.2 Å². The molecule has 0 bridgehead atoms. The second kappa shape index (κ2) is 6.92. The monoisotopic (exact) mass is 418 g/mol. The van der Waals surface area contributed by atoms with E-state index in [1.165, 1.54) is 0 Å². The van der Waals surface area contributed by atoms with Gasteiger partial charge in [-0.25, -0.2) is 0 Å². The van der Waals surface area contributed by atoms with Crippen LogP contribution in [0.4, 0.5) is 5.69 Å². The standard InChI is InChI=1S/C24H26N4O3/c1-24(2,31)21(14-10-11-14)28-12-15-6-4-9-19(20(15)23(28)30)25-22(29)16-7-5-8-18-17(16)13-27(3)26-18/h4-9,13-14,21,31H,10-12H2,1-3H3,(H,25,29)/t21-/m1/s1. The predicted molar refractivity (Wildman–Crippen MR) is 118 cm³/mol. The number of nitrogens with zero attached hydrogens (tertiary/aromatic N) is 3. The molecule has 1 aromatic heterocycles. The van der Waals surface area contributed by atoms with E-state index in [-0.39, 0.29) is 17.9 Å². The number of hydrogen-bond donors (Lipinski definition) is 2. The Kier molecular flexibility index (Phi) is 4.41. The number of hydrogen-bond acceptors (Lipinski definition) is 4. The summed E-state index contributed by atoms with van der Waals surface area (Å²) in [7, 11) is 1.82. The minimum atomic E-state index is -0.988. The van der Waals surface area contributed by atoms with Gasteiger partial charge in [-0.05, 0) is 56.4 Å². The van der Waals surface area contributed by atoms with Gasteiger partial charge in [0.15, 0.2) is 0 Å². The van der Waals surface area contributed by atoms with E-state index in [2.05, 4.69) is 10.4 Å². The Morgan fingerprint density at radius 3 is 2.68 bits per heavy atom. The maximum atomic E-state index is 13.4. The SMILES string of the molecule is Cn1cc2c(C(=O)Nc3cccc4c3C(=O)N([C@H](C3CC3)C(C)(C)O)C4)cccc2n1. The number of rotatable bonds is 5. The van der Waals surface area contributed by atoms with Crippen molar-refractivity contribution in [3.63, 3.8) is 0 Å². The minimum Gasteiger partial charge on any atom is -0.388 e. The van der Waals surface area contributed by atoms with E-state index in [4.69, 9.17) is 0 Å². The van der Waals surface area contributed by atoms with Crippen molar-refractivity contribution < 1.29 is 14.7 Å². The fourth-order valence-electron chi connectivity index (χ4n) is 4.89. The zero-order chi connectivity index (χ0) is 21.9. The van der Waals surface area contributed by atoms with Gasteiger partial charge in [-0.15, -0.1) is 0 Å². The summed E-state index contributed by atoms with van der Waals surface area (Å²) in [6.07, 6.45) is 3.86. The molecule has 1 saturated carbocycles. The lowest BCUT2D eigenvalue weighted by Crippen LogP contribution is -2.51. The summed E-state index contributed by atoms with van der Waals surface area (Å²) in [6, 6.07) is 10.7. The number of amides is 2. The van der Waals surface area contributed by atoms with Crippen molar-refractivity contribution in [2.75, 3.05) is 5.32 Å². The molecule has 5 rings (SSSR count). The summed E-state index contributed by atoms with van der Waals surface area (Å²) in [5, 5.41) is 18.8. The molecule has 2 N–H and O–H groups in total. The first-order valence-electron chi connectivity index (χ1n) is 10.6. The van der Waals surface area contributed by atoms with Gasteiger partial charge >= 0.3 is 0 Å². The Bertz CT molecular complexity index is 1200. The van der Waals surface area contributed by atoms with Crippen LogP contribution >= 0.6 is 0 Å². The molecule has 0 spiro atoms. The highest BCUT2D eigenvalue weighted by atomic mass is 16.3. The van der Waals surface area contributed by atoms with Crippen molar-refractivity contribution >= 4 is 28.4 Å². The van der Waals surface area contributed by atoms with Crippen LogP contribution in [0.15, 0.2) is 42.6 Å². The van der Waals surface area contributed by atoms with Crippen LogP contribution in [0.1, 0.15) is 53.0 Å². The van der Waals surface area contributed by atoms with Crippen molar-refractivity contribution in [3.8, 4) is 0 Å². The number of fused-ring (bicyclic) bond motifs is 2. The van der Waals surface area contributed by atoms with Gasteiger partial charge in [0.2, 0.25) is 0 Å². The van der Waals surface area contributed by atoms with E-state index in [9.17, 15) is 14.7 Å². The summed E-state index contributed by atoms with van der Waals surface area (Å²) in [4.78, 5) is 28.3. The van der Waals surface area contributed by atoms with E-state index < -0.39 is 5.60 Å². The molecule has 2 aliphatic rings. The molecule has 1 aliphatic heterocycles. The quantitative estimate of drug-likeness (QED) is 0.665. The summed E-state index contributed by atoms with van der Waals surface area (Å²) >= 11 is 0. The number of nitrogens with one attached hydrogen (secondary N) is 1. The number of carbonyl (C=O) groups excluding carboxylic acids is 2. The topological polar surface area (TPSA) is 87.5 Å². The molecule has 0 saturated heterocycles. The number of aliphatic hydroxyl groups is 1. The predicted octanol–water partition coefficient (Wildman–Crippen LogP) is 3.33. The molecule has 1 atom stereocenters. The molecule has 0 unspecified atom stereocenters. The fourth-order valence-corrected chi connectivity index (χ4v) is 4.89. The van der Waals surface area contributed by atoms with E-state index in [1.54, 1.807) is 41.6 Å². The first-order chi connectivity index (χ1) is 14.7. The average molecular weight is 418 g/mol. The summed E-state index contributed by atoms with van der Waals surface area (Å²) in [5.74, 6) is -0.0940. The van der Waals surface area contributed by atoms with Gasteiger partial charge in [0.25, 0.3) is 11.8 Å². The van der Waals surface area contributed by atoms with Crippen molar-refractivity contribution in [2.45, 2.75) is 44.9 Å². The van der Waals surface area contributed by atoms with Crippen LogP contribution in [0.2, 0.25) is 0 Å². The number of carbonyl (C=O) groups is 2. The van der Waals surface area contributed by atoms with Crippen LogP contribution in [-0.2, 0) is 13.6 Å². The first-order valence-corrected chi connectivity index (χ1v) is 10.6. The second-order valence-electron chi connectivity index (χ2n) is 9.20. The molecule has 1 fully saturated rings. The third-order valence-corrected chi connectivity index (χ3v) is 6.25. The Morgan fingerprint density at radius 2 is 1.97 bits per heavy atom. The Balaban J connectivity index is 1.47. The molecule has 0 radical (unpaired) electrons. The Labute approximate surface area is 180 Å². The van der Waals surface area contributed by atoms with Crippen molar-refractivity contribution in [3.05, 3.63) is 59.3 Å². The molecule has 1 aliphatic carbocycles. The summed E-state index contributed by atoms with van der Waals surface area (Å²) < 4.78 is 1.68. The smallest absolute Gasteiger partial charge is 0.256 e. The molecule has 31 heavy (non-hydrogen) atoms. The summed E-state index contributed by atoms with van der Waals surface area (Å²) in [5.41, 5.74) is 2.16. The third-order valence-electron chi connectivity index (χ3n) is 6.25. The normalized spacial score (nSPS) is 17.2. The van der Waals surface area contributed by atoms with Crippen molar-refractivity contribution in [2.24, 2.45) is 13.0 Å². The van der Waals surface area contributed by atoms with E-state index in [0.29, 0.717) is 29.3 Å². The zero-order valence-electron chi connectivity index (χ0n) is 17.9. The number of anilines is 1. The van der Waals surface area contributed by atoms with Crippen molar-refractivity contribution in [1.82, 2.24) is 14.7 Å². The maximum Gasteiger partial charge on any atom is 0.256 e. The second-order valence-corrected chi connectivity index (χ2v) is 9.20. The Morgan fingerprint density at radius 1 is 1.23 bits per heavy atom. The Hall–Kier alpha value is -3.19. The van der Waals surface area contributed by atoms with Crippen LogP contribution in [0.3, 0.4) is 0 Å². The zero-order valence-corrected chi connectivity index (χ0v) is 17.9. The van der Waals surface area contributed by atoms with Gasteiger partial charge in [0, 0.05) is 25.2 Å². The maximum absolute atomic E-state index is 13.4. The molecule has 160 valence electrons. The fraction of sp³-hybridized carbons (Fsp3) is 0.375. The van der Waals surface area contributed by atoms with Gasteiger partial charge < -0.3 is 15.3 Å². The van der Waals surface area contributed by atoms with Gasteiger partial charge in [-0.2, -0.15) is 5.10 Å². The molecule has 3 aromatic rings. The molecular weight excluding hydrogens is 392 g/mol. The van der Waals surface area contributed by atoms with Crippen LogP contribution in [0.5, 0.6) is 0 Å². The van der Waals surface area contributed by atoms with E-state index >= 15 is 0 Å². The molecule has 2 heterocycles. The number of aromatic nitrogens is 2. The lowest BCUT2D eigenvalue weighted by atomic mass is 9.93. The van der Waals surface area contributed by atoms with Gasteiger partial charge in [0.05, 0.1) is 34.0 Å². The van der Waals surface area contributed by atoms with Crippen LogP contribution < -0.4 is 5.32 Å². The van der Waals surface area contributed by atoms with Gasteiger partial charge in [0.1, 0.15) is 0 Å². The van der Waals surface area contributed by atoms with Crippen molar-refractivity contribution in [1.29, 1.82) is 0 Å². The first kappa shape index (κ1) is 19.8. The average Bonchev–Trinajstić information content (AvgIpc) is 3.35. The highest BCUT2D eigenvalue weighted by molar-refractivity contribution is 6.15. The minimum absolute atomic E-state index is 0.135. The van der Waals surface area contributed by atoms with Crippen LogP contribution in [0.25, 0.3) is 10.9 Å². The van der Waals surface area contributed by atoms with Gasteiger partial charge in [-0.3, -0.25) is 14.3 Å². The number of benzene rings is 2. The molecule has 2 amide bonds. The van der Waals surface area contributed by atoms with Crippen LogP contribution in [0, 0.1) is 5.92 Å². The third kappa shape index (κ3) is 3.39. The summed E-state index contributed by atoms with van der Waals surface area (Å²) in [6.45, 7) is 3.98. The molecule has 7 heteroatoms. The van der Waals surface area contributed by atoms with Gasteiger partial charge in [-0.1, -0.05) is 18.2 Å². The lowest BCUT2D eigenvalue weighted by molar-refractivity contribution is -0.0224. The van der Waals surface area contributed by atoms with E-state index in [1.807, 2.05) is 31.4 Å².